The summed E-state index contributed by atoms with van der Waals surface area (Å²) in [6, 6.07) is 3.97. The molecule has 0 bridgehead atoms. The Bertz CT molecular complexity index is 996. The van der Waals surface area contributed by atoms with E-state index in [1.54, 1.807) is 6.20 Å². The summed E-state index contributed by atoms with van der Waals surface area (Å²) in [5.41, 5.74) is 5.36. The Morgan fingerprint density at radius 2 is 2.05 bits per heavy atom. The number of imidazole rings is 1. The van der Waals surface area contributed by atoms with Crippen LogP contribution in [0.4, 0.5) is 0 Å². The Balaban J connectivity index is 1.99. The van der Waals surface area contributed by atoms with Crippen molar-refractivity contribution in [3.8, 4) is 11.4 Å². The normalized spacial score (nSPS) is 13.1. The van der Waals surface area contributed by atoms with Gasteiger partial charge in [-0.3, -0.25) is 9.97 Å². The largest absolute Gasteiger partial charge is 0.419 e. The van der Waals surface area contributed by atoms with Crippen molar-refractivity contribution in [1.82, 2.24) is 14.5 Å². The molecule has 0 spiro atoms. The summed E-state index contributed by atoms with van der Waals surface area (Å²) in [5.74, 6) is 1.17. The van der Waals surface area contributed by atoms with E-state index >= 15 is 0 Å². The summed E-state index contributed by atoms with van der Waals surface area (Å²) >= 11 is 0. The third-order valence-corrected chi connectivity index (χ3v) is 4.07. The maximum absolute atomic E-state index is 5.98. The van der Waals surface area contributed by atoms with Crippen LogP contribution in [0, 0.1) is 0 Å². The Morgan fingerprint density at radius 1 is 1.20 bits per heavy atom. The molecule has 0 unspecified atom stereocenters. The summed E-state index contributed by atoms with van der Waals surface area (Å²) in [7, 11) is 2.04. The van der Waals surface area contributed by atoms with E-state index in [1.807, 2.05) is 31.7 Å². The molecular weight excluding hydrogens is 252 g/mol. The first kappa shape index (κ1) is 10.1. The number of pyridine rings is 2. The zero-order chi connectivity index (χ0) is 13.3. The molecular formula is C15H11N4O+. The molecule has 1 aliphatic rings. The first-order valence-corrected chi connectivity index (χ1v) is 6.52. The number of hydrogen-bond acceptors (Lipinski definition) is 3. The van der Waals surface area contributed by atoms with Crippen molar-refractivity contribution in [2.24, 2.45) is 7.05 Å². The van der Waals surface area contributed by atoms with Crippen LogP contribution in [0.1, 0.15) is 5.56 Å². The maximum atomic E-state index is 5.98. The van der Waals surface area contributed by atoms with Crippen molar-refractivity contribution in [1.29, 1.82) is 0 Å². The van der Waals surface area contributed by atoms with Crippen molar-refractivity contribution >= 4 is 22.2 Å². The van der Waals surface area contributed by atoms with Gasteiger partial charge in [0.05, 0.1) is 18.0 Å². The van der Waals surface area contributed by atoms with E-state index in [4.69, 9.17) is 4.42 Å². The fourth-order valence-corrected chi connectivity index (χ4v) is 3.21. The van der Waals surface area contributed by atoms with Crippen LogP contribution in [-0.4, -0.2) is 14.5 Å². The van der Waals surface area contributed by atoms with Crippen molar-refractivity contribution < 1.29 is 8.98 Å². The first-order chi connectivity index (χ1) is 9.84. The standard InChI is InChI=1S/C15H11N4O/c1-18-14-10-2-4-16-6-9(10)8-19(14)13-11-7-17-5-3-12(11)20-15(13)18/h2-7H,8H2,1H3/q+1. The second-order valence-corrected chi connectivity index (χ2v) is 5.13. The van der Waals surface area contributed by atoms with Gasteiger partial charge in [-0.2, -0.15) is 4.57 Å². The van der Waals surface area contributed by atoms with E-state index in [1.165, 1.54) is 17.0 Å². The lowest BCUT2D eigenvalue weighted by Crippen LogP contribution is -2.29. The van der Waals surface area contributed by atoms with Crippen LogP contribution in [0.3, 0.4) is 0 Å². The van der Waals surface area contributed by atoms with Gasteiger partial charge < -0.3 is 4.42 Å². The molecule has 0 amide bonds. The third kappa shape index (κ3) is 1.02. The Labute approximate surface area is 114 Å². The Hall–Kier alpha value is -2.69. The molecule has 0 saturated heterocycles. The second kappa shape index (κ2) is 3.25. The minimum Gasteiger partial charge on any atom is -0.419 e. The summed E-state index contributed by atoms with van der Waals surface area (Å²) in [5, 5.41) is 1.06. The van der Waals surface area contributed by atoms with Gasteiger partial charge in [0.25, 0.3) is 5.82 Å². The van der Waals surface area contributed by atoms with Gasteiger partial charge in [-0.15, -0.1) is 0 Å². The fraction of sp³-hybridized carbons (Fsp3) is 0.133. The summed E-state index contributed by atoms with van der Waals surface area (Å²) in [4.78, 5) is 8.44. The first-order valence-electron chi connectivity index (χ1n) is 6.52. The molecule has 5 rings (SSSR count). The number of furan rings is 1. The highest BCUT2D eigenvalue weighted by molar-refractivity contribution is 6.01. The van der Waals surface area contributed by atoms with Gasteiger partial charge in [-0.25, -0.2) is 4.57 Å². The maximum Gasteiger partial charge on any atom is 0.339 e. The molecule has 0 N–H and O–H groups in total. The van der Waals surface area contributed by atoms with Gasteiger partial charge in [-0.1, -0.05) is 0 Å². The van der Waals surface area contributed by atoms with Gasteiger partial charge in [0.1, 0.15) is 12.1 Å². The van der Waals surface area contributed by atoms with Crippen LogP contribution in [0.2, 0.25) is 0 Å². The van der Waals surface area contributed by atoms with E-state index in [-0.39, 0.29) is 0 Å². The van der Waals surface area contributed by atoms with Crippen molar-refractivity contribution in [3.63, 3.8) is 0 Å². The highest BCUT2D eigenvalue weighted by Crippen LogP contribution is 2.36. The van der Waals surface area contributed by atoms with Crippen LogP contribution in [0.25, 0.3) is 33.6 Å². The number of fused-ring (bicyclic) bond motifs is 7. The Kier molecular flexibility index (Phi) is 1.65. The lowest BCUT2D eigenvalue weighted by atomic mass is 10.2. The van der Waals surface area contributed by atoms with Crippen molar-refractivity contribution in [2.45, 2.75) is 6.54 Å². The van der Waals surface area contributed by atoms with E-state index in [2.05, 4.69) is 25.2 Å². The molecule has 0 radical (unpaired) electrons. The lowest BCUT2D eigenvalue weighted by molar-refractivity contribution is -0.640. The molecule has 0 fully saturated rings. The van der Waals surface area contributed by atoms with E-state index in [0.29, 0.717) is 0 Å². The molecule has 96 valence electrons. The number of aryl methyl sites for hydroxylation is 1. The van der Waals surface area contributed by atoms with Gasteiger partial charge >= 0.3 is 5.71 Å². The molecule has 0 aliphatic carbocycles. The molecule has 4 aromatic rings. The summed E-state index contributed by atoms with van der Waals surface area (Å²) in [6.07, 6.45) is 7.40. The van der Waals surface area contributed by atoms with Crippen LogP contribution in [0.5, 0.6) is 0 Å². The molecule has 20 heavy (non-hydrogen) atoms. The predicted molar refractivity (Wildman–Crippen MR) is 73.0 cm³/mol. The van der Waals surface area contributed by atoms with E-state index in [0.717, 1.165) is 28.7 Å². The smallest absolute Gasteiger partial charge is 0.339 e. The van der Waals surface area contributed by atoms with Crippen molar-refractivity contribution in [2.75, 3.05) is 0 Å². The van der Waals surface area contributed by atoms with Gasteiger partial charge in [-0.05, 0) is 6.07 Å². The fourth-order valence-electron chi connectivity index (χ4n) is 3.21. The van der Waals surface area contributed by atoms with Crippen LogP contribution in [0.15, 0.2) is 41.3 Å². The molecule has 5 heteroatoms. The Morgan fingerprint density at radius 3 is 3.00 bits per heavy atom. The number of aromatic nitrogens is 4. The number of rotatable bonds is 0. The SMILES string of the molecule is C[n+]1c2n(c3c4cnccc4oc31)Cc1cnccc1-2. The topological polar surface area (TPSA) is 47.7 Å². The summed E-state index contributed by atoms with van der Waals surface area (Å²) < 4.78 is 10.4. The highest BCUT2D eigenvalue weighted by atomic mass is 16.3. The molecule has 0 saturated carbocycles. The molecule has 5 heterocycles. The quantitative estimate of drug-likeness (QED) is 0.402. The lowest BCUT2D eigenvalue weighted by Gasteiger charge is -1.93. The average molecular weight is 263 g/mol. The van der Waals surface area contributed by atoms with E-state index < -0.39 is 0 Å². The minimum absolute atomic E-state index is 0.833. The molecule has 4 aromatic heterocycles. The summed E-state index contributed by atoms with van der Waals surface area (Å²) in [6.45, 7) is 0.833. The number of nitrogens with zero attached hydrogens (tertiary/aromatic N) is 4. The zero-order valence-electron chi connectivity index (χ0n) is 10.9. The van der Waals surface area contributed by atoms with Gasteiger partial charge in [0.15, 0.2) is 0 Å². The average Bonchev–Trinajstić information content (AvgIpc) is 3.10. The second-order valence-electron chi connectivity index (χ2n) is 5.13. The third-order valence-electron chi connectivity index (χ3n) is 4.07. The van der Waals surface area contributed by atoms with Crippen LogP contribution >= 0.6 is 0 Å². The highest BCUT2D eigenvalue weighted by Gasteiger charge is 2.35. The minimum atomic E-state index is 0.833. The monoisotopic (exact) mass is 263 g/mol. The van der Waals surface area contributed by atoms with Gasteiger partial charge in [0.2, 0.25) is 5.52 Å². The number of hydrogen-bond donors (Lipinski definition) is 0. The van der Waals surface area contributed by atoms with Crippen molar-refractivity contribution in [3.05, 3.63) is 42.5 Å². The predicted octanol–water partition coefficient (Wildman–Crippen LogP) is 2.03. The molecule has 0 atom stereocenters. The molecule has 0 aromatic carbocycles. The van der Waals surface area contributed by atoms with Crippen LogP contribution in [-0.2, 0) is 13.6 Å². The van der Waals surface area contributed by atoms with E-state index in [9.17, 15) is 0 Å². The van der Waals surface area contributed by atoms with Gasteiger partial charge in [0, 0.05) is 36.4 Å². The van der Waals surface area contributed by atoms with Crippen LogP contribution < -0.4 is 4.57 Å². The molecule has 5 nitrogen and oxygen atoms in total. The molecule has 1 aliphatic heterocycles. The zero-order valence-corrected chi connectivity index (χ0v) is 10.9.